The Labute approximate surface area is 170 Å². The quantitative estimate of drug-likeness (QED) is 0.505. The summed E-state index contributed by atoms with van der Waals surface area (Å²) in [6.45, 7) is 2.01. The summed E-state index contributed by atoms with van der Waals surface area (Å²) in [5.74, 6) is -0.0838. The van der Waals surface area contributed by atoms with Gasteiger partial charge in [0.25, 0.3) is 0 Å². The van der Waals surface area contributed by atoms with Gasteiger partial charge in [0.1, 0.15) is 0 Å². The Morgan fingerprint density at radius 1 is 1.14 bits per heavy atom. The van der Waals surface area contributed by atoms with Gasteiger partial charge in [0, 0.05) is 20.2 Å². The van der Waals surface area contributed by atoms with Crippen LogP contribution in [0, 0.1) is 0 Å². The van der Waals surface area contributed by atoms with Crippen LogP contribution in [0.3, 0.4) is 0 Å². The number of hydrogen-bond acceptors (Lipinski definition) is 6. The molecule has 0 fully saturated rings. The van der Waals surface area contributed by atoms with Crippen LogP contribution < -0.4 is 0 Å². The van der Waals surface area contributed by atoms with Gasteiger partial charge in [-0.25, -0.2) is 13.4 Å². The molecule has 0 aliphatic heterocycles. The van der Waals surface area contributed by atoms with E-state index in [4.69, 9.17) is 4.74 Å². The number of rotatable bonds is 10. The lowest BCUT2D eigenvalue weighted by molar-refractivity contribution is 0.217. The first-order valence-electron chi connectivity index (χ1n) is 8.99. The summed E-state index contributed by atoms with van der Waals surface area (Å²) in [6, 6.07) is 11.9. The Morgan fingerprint density at radius 2 is 1.93 bits per heavy atom. The molecule has 1 aromatic carbocycles. The summed E-state index contributed by atoms with van der Waals surface area (Å²) in [6.07, 6.45) is 1.67. The monoisotopic (exact) mass is 419 g/mol. The van der Waals surface area contributed by atoms with Crippen molar-refractivity contribution in [2.24, 2.45) is 0 Å². The van der Waals surface area contributed by atoms with E-state index in [2.05, 4.69) is 26.7 Å². The average molecular weight is 420 g/mol. The maximum Gasteiger partial charge on any atom is 0.228 e. The number of nitrogens with zero attached hydrogens (tertiary/aromatic N) is 3. The fraction of sp³-hybridized carbons (Fsp3) is 0.350. The Morgan fingerprint density at radius 3 is 2.61 bits per heavy atom. The molecule has 0 aliphatic rings. The van der Waals surface area contributed by atoms with Crippen LogP contribution in [0.1, 0.15) is 16.8 Å². The Kier molecular flexibility index (Phi) is 7.01. The van der Waals surface area contributed by atoms with Crippen molar-refractivity contribution in [2.75, 3.05) is 26.5 Å². The highest BCUT2D eigenvalue weighted by Gasteiger charge is 2.24. The van der Waals surface area contributed by atoms with Crippen LogP contribution in [0.15, 0.2) is 58.5 Å². The van der Waals surface area contributed by atoms with Crippen LogP contribution in [0.2, 0.25) is 0 Å². The van der Waals surface area contributed by atoms with E-state index in [0.717, 1.165) is 17.8 Å². The lowest BCUT2D eigenvalue weighted by Crippen LogP contribution is -2.22. The molecule has 0 atom stereocenters. The van der Waals surface area contributed by atoms with E-state index in [9.17, 15) is 8.42 Å². The predicted octanol–water partition coefficient (Wildman–Crippen LogP) is 3.05. The predicted molar refractivity (Wildman–Crippen MR) is 111 cm³/mol. The molecule has 0 N–H and O–H groups in total. The minimum absolute atomic E-state index is 0.0838. The van der Waals surface area contributed by atoms with Crippen LogP contribution >= 0.6 is 11.3 Å². The average Bonchev–Trinajstić information content (AvgIpc) is 3.32. The Balaban J connectivity index is 1.88. The molecule has 0 saturated carbocycles. The van der Waals surface area contributed by atoms with Gasteiger partial charge in [0.2, 0.25) is 15.0 Å². The third kappa shape index (κ3) is 5.29. The lowest BCUT2D eigenvalue weighted by Gasteiger charge is -2.18. The smallest absolute Gasteiger partial charge is 0.228 e. The standard InChI is InChI=1S/C20H25N3O3S2/c1-22(13-18-8-10-27-16-18)15-19-12-21-20(28(24,25)11-9-26-2)23(19)14-17-6-4-3-5-7-17/h3-8,10,12,16H,9,11,13-15H2,1-2H3. The van der Waals surface area contributed by atoms with Crippen molar-refractivity contribution in [2.45, 2.75) is 24.8 Å². The number of sulfone groups is 1. The molecule has 0 radical (unpaired) electrons. The zero-order chi connectivity index (χ0) is 20.0. The van der Waals surface area contributed by atoms with Crippen molar-refractivity contribution in [1.82, 2.24) is 14.5 Å². The molecule has 0 spiro atoms. The number of benzene rings is 1. The van der Waals surface area contributed by atoms with E-state index >= 15 is 0 Å². The second-order valence-electron chi connectivity index (χ2n) is 6.72. The molecule has 2 aromatic heterocycles. The van der Waals surface area contributed by atoms with Crippen LogP contribution in [0.5, 0.6) is 0 Å². The van der Waals surface area contributed by atoms with Crippen molar-refractivity contribution < 1.29 is 13.2 Å². The summed E-state index contributed by atoms with van der Waals surface area (Å²) in [7, 11) is -0.00683. The van der Waals surface area contributed by atoms with Crippen molar-refractivity contribution in [3.63, 3.8) is 0 Å². The van der Waals surface area contributed by atoms with Crippen molar-refractivity contribution in [3.8, 4) is 0 Å². The summed E-state index contributed by atoms with van der Waals surface area (Å²) in [4.78, 5) is 6.44. The fourth-order valence-electron chi connectivity index (χ4n) is 3.01. The van der Waals surface area contributed by atoms with Gasteiger partial charge in [-0.15, -0.1) is 0 Å². The van der Waals surface area contributed by atoms with Crippen molar-refractivity contribution >= 4 is 21.2 Å². The maximum atomic E-state index is 12.8. The third-order valence-corrected chi connectivity index (χ3v) is 6.70. The molecule has 150 valence electrons. The molecule has 0 amide bonds. The summed E-state index contributed by atoms with van der Waals surface area (Å²) >= 11 is 1.67. The minimum Gasteiger partial charge on any atom is -0.384 e. The van der Waals surface area contributed by atoms with Gasteiger partial charge in [-0.3, -0.25) is 4.90 Å². The van der Waals surface area contributed by atoms with E-state index in [1.807, 2.05) is 41.9 Å². The van der Waals surface area contributed by atoms with Gasteiger partial charge in [-0.05, 0) is 35.0 Å². The molecule has 6 nitrogen and oxygen atoms in total. The molecule has 0 saturated heterocycles. The summed E-state index contributed by atoms with van der Waals surface area (Å²) < 4.78 is 32.3. The third-order valence-electron chi connectivity index (χ3n) is 4.38. The molecule has 2 heterocycles. The van der Waals surface area contributed by atoms with E-state index in [1.165, 1.54) is 12.7 Å². The number of ether oxygens (including phenoxy) is 1. The summed E-state index contributed by atoms with van der Waals surface area (Å²) in [5, 5.41) is 4.29. The van der Waals surface area contributed by atoms with Gasteiger partial charge in [-0.2, -0.15) is 11.3 Å². The SMILES string of the molecule is COCCS(=O)(=O)c1ncc(CN(C)Cc2ccsc2)n1Cc1ccccc1. The zero-order valence-electron chi connectivity index (χ0n) is 16.1. The molecule has 0 aliphatic carbocycles. The highest BCUT2D eigenvalue weighted by Crippen LogP contribution is 2.18. The number of imidazole rings is 1. The van der Waals surface area contributed by atoms with Crippen molar-refractivity contribution in [3.05, 3.63) is 70.2 Å². The number of aromatic nitrogens is 2. The topological polar surface area (TPSA) is 64.4 Å². The van der Waals surface area contributed by atoms with Crippen molar-refractivity contribution in [1.29, 1.82) is 0 Å². The number of thiophene rings is 1. The van der Waals surface area contributed by atoms with Gasteiger partial charge < -0.3 is 9.30 Å². The van der Waals surface area contributed by atoms with Crippen LogP contribution in [-0.2, 0) is 34.2 Å². The first kappa shape index (κ1) is 20.7. The fourth-order valence-corrected chi connectivity index (χ4v) is 4.97. The van der Waals surface area contributed by atoms with Crippen LogP contribution in [0.4, 0.5) is 0 Å². The molecule has 8 heteroatoms. The molecule has 28 heavy (non-hydrogen) atoms. The highest BCUT2D eigenvalue weighted by molar-refractivity contribution is 7.91. The minimum atomic E-state index is -3.53. The number of methoxy groups -OCH3 is 1. The summed E-state index contributed by atoms with van der Waals surface area (Å²) in [5.41, 5.74) is 3.15. The second kappa shape index (κ2) is 9.47. The van der Waals surface area contributed by atoms with Gasteiger partial charge in [-0.1, -0.05) is 30.3 Å². The second-order valence-corrected chi connectivity index (χ2v) is 9.50. The molecular weight excluding hydrogens is 394 g/mol. The van der Waals surface area contributed by atoms with E-state index in [1.54, 1.807) is 17.5 Å². The first-order chi connectivity index (χ1) is 13.5. The molecule has 0 unspecified atom stereocenters. The van der Waals surface area contributed by atoms with E-state index in [0.29, 0.717) is 13.1 Å². The number of hydrogen-bond donors (Lipinski definition) is 0. The molecular formula is C20H25N3O3S2. The molecule has 3 rings (SSSR count). The molecule has 3 aromatic rings. The van der Waals surface area contributed by atoms with E-state index in [-0.39, 0.29) is 17.5 Å². The first-order valence-corrected chi connectivity index (χ1v) is 11.6. The maximum absolute atomic E-state index is 12.8. The normalized spacial score (nSPS) is 12.0. The lowest BCUT2D eigenvalue weighted by atomic mass is 10.2. The van der Waals surface area contributed by atoms with Crippen LogP contribution in [0.25, 0.3) is 0 Å². The molecule has 0 bridgehead atoms. The van der Waals surface area contributed by atoms with Crippen LogP contribution in [-0.4, -0.2) is 49.4 Å². The van der Waals surface area contributed by atoms with Gasteiger partial charge >= 0.3 is 0 Å². The van der Waals surface area contributed by atoms with Gasteiger partial charge in [0.15, 0.2) is 0 Å². The Bertz CT molecular complexity index is 968. The Hall–Kier alpha value is -2.00. The zero-order valence-corrected chi connectivity index (χ0v) is 17.7. The van der Waals surface area contributed by atoms with Gasteiger partial charge in [0.05, 0.1) is 30.8 Å². The van der Waals surface area contributed by atoms with E-state index < -0.39 is 9.84 Å². The largest absolute Gasteiger partial charge is 0.384 e. The highest BCUT2D eigenvalue weighted by atomic mass is 32.2.